The number of halogens is 1. The molecule has 9 nitrogen and oxygen atoms in total. The molecule has 0 fully saturated rings. The van der Waals surface area contributed by atoms with Crippen LogP contribution in [0.3, 0.4) is 0 Å². The molecule has 0 bridgehead atoms. The van der Waals surface area contributed by atoms with Crippen molar-refractivity contribution in [2.75, 3.05) is 31.6 Å². The monoisotopic (exact) mass is 707 g/mol. The number of ether oxygens (including phenoxy) is 2. The Hall–Kier alpha value is -4.35. The second-order valence-corrected chi connectivity index (χ2v) is 13.4. The van der Waals surface area contributed by atoms with Crippen molar-refractivity contribution in [3.05, 3.63) is 118 Å². The highest BCUT2D eigenvalue weighted by Gasteiger charge is 2.35. The molecular weight excluding hydrogens is 670 g/mol. The van der Waals surface area contributed by atoms with Gasteiger partial charge < -0.3 is 19.7 Å². The third kappa shape index (κ3) is 8.46. The summed E-state index contributed by atoms with van der Waals surface area (Å²) < 4.78 is 41.2. The quantitative estimate of drug-likeness (QED) is 0.179. The molecule has 4 rings (SSSR count). The summed E-state index contributed by atoms with van der Waals surface area (Å²) in [6.45, 7) is 3.54. The number of carbonyl (C=O) groups is 2. The Morgan fingerprint density at radius 1 is 0.848 bits per heavy atom. The van der Waals surface area contributed by atoms with Crippen LogP contribution >= 0.6 is 15.9 Å². The number of methoxy groups -OCH3 is 2. The van der Waals surface area contributed by atoms with Gasteiger partial charge in [0.05, 0.1) is 24.8 Å². The summed E-state index contributed by atoms with van der Waals surface area (Å²) in [5.41, 5.74) is 2.72. The van der Waals surface area contributed by atoms with Crippen LogP contribution in [0.1, 0.15) is 23.6 Å². The molecule has 0 radical (unpaired) electrons. The number of sulfonamides is 1. The van der Waals surface area contributed by atoms with Gasteiger partial charge in [-0.1, -0.05) is 76.1 Å². The van der Waals surface area contributed by atoms with Gasteiger partial charge in [-0.05, 0) is 61.4 Å². The molecular formula is C35H38BrN3O6S. The van der Waals surface area contributed by atoms with Crippen LogP contribution < -0.4 is 19.1 Å². The molecule has 0 aliphatic carbocycles. The molecule has 4 aromatic carbocycles. The molecule has 0 heterocycles. The van der Waals surface area contributed by atoms with E-state index in [1.165, 1.54) is 37.3 Å². The number of carbonyl (C=O) groups excluding carboxylic acids is 2. The summed E-state index contributed by atoms with van der Waals surface area (Å²) in [5.74, 6) is -0.190. The maximum absolute atomic E-state index is 14.5. The van der Waals surface area contributed by atoms with Crippen LogP contribution in [-0.4, -0.2) is 58.5 Å². The molecule has 46 heavy (non-hydrogen) atoms. The number of nitrogens with one attached hydrogen (secondary N) is 1. The van der Waals surface area contributed by atoms with Crippen molar-refractivity contribution in [2.24, 2.45) is 0 Å². The van der Waals surface area contributed by atoms with Gasteiger partial charge in [0.15, 0.2) is 11.5 Å². The number of hydrogen-bond acceptors (Lipinski definition) is 6. The molecule has 0 aromatic heterocycles. The lowest BCUT2D eigenvalue weighted by Gasteiger charge is -2.34. The first-order valence-corrected chi connectivity index (χ1v) is 17.0. The van der Waals surface area contributed by atoms with Gasteiger partial charge in [0.1, 0.15) is 12.6 Å². The lowest BCUT2D eigenvalue weighted by atomic mass is 10.0. The van der Waals surface area contributed by atoms with E-state index in [0.29, 0.717) is 18.0 Å². The first-order valence-electron chi connectivity index (χ1n) is 14.7. The number of hydrogen-bond donors (Lipinski definition) is 1. The highest BCUT2D eigenvalue weighted by atomic mass is 79.9. The van der Waals surface area contributed by atoms with Crippen molar-refractivity contribution in [3.63, 3.8) is 0 Å². The Bertz CT molecular complexity index is 1730. The number of likely N-dealkylation sites (N-methyl/N-ethyl adjacent to an activating group) is 1. The van der Waals surface area contributed by atoms with Gasteiger partial charge in [-0.25, -0.2) is 8.42 Å². The minimum atomic E-state index is -4.25. The van der Waals surface area contributed by atoms with E-state index in [2.05, 4.69) is 21.2 Å². The highest BCUT2D eigenvalue weighted by molar-refractivity contribution is 9.10. The van der Waals surface area contributed by atoms with E-state index in [4.69, 9.17) is 9.47 Å². The lowest BCUT2D eigenvalue weighted by molar-refractivity contribution is -0.140. The van der Waals surface area contributed by atoms with Crippen LogP contribution in [0.2, 0.25) is 0 Å². The average molecular weight is 709 g/mol. The SMILES string of the molecule is CCNC(=O)C(Cc1ccccc1)N(Cc1ccc(Br)cc1)C(=O)CN(c1ccc(OC)c(OC)c1)S(=O)(=O)c1ccc(C)cc1. The van der Waals surface area contributed by atoms with E-state index < -0.39 is 28.5 Å². The maximum Gasteiger partial charge on any atom is 0.264 e. The fraction of sp³-hybridized carbons (Fsp3) is 0.257. The Morgan fingerprint density at radius 2 is 1.50 bits per heavy atom. The van der Waals surface area contributed by atoms with Crippen molar-refractivity contribution in [2.45, 2.75) is 37.8 Å². The van der Waals surface area contributed by atoms with Crippen LogP contribution in [-0.2, 0) is 32.6 Å². The Morgan fingerprint density at radius 3 is 2.11 bits per heavy atom. The molecule has 1 unspecified atom stereocenters. The van der Waals surface area contributed by atoms with Gasteiger partial charge in [-0.3, -0.25) is 13.9 Å². The summed E-state index contributed by atoms with van der Waals surface area (Å²) in [7, 11) is -1.32. The minimum Gasteiger partial charge on any atom is -0.493 e. The number of anilines is 1. The van der Waals surface area contributed by atoms with Crippen LogP contribution in [0.5, 0.6) is 11.5 Å². The van der Waals surface area contributed by atoms with E-state index in [-0.39, 0.29) is 29.5 Å². The molecule has 11 heteroatoms. The summed E-state index contributed by atoms with van der Waals surface area (Å²) in [5, 5.41) is 2.87. The molecule has 1 atom stereocenters. The molecule has 0 aliphatic heterocycles. The van der Waals surface area contributed by atoms with E-state index in [1.54, 1.807) is 24.3 Å². The number of amides is 2. The second kappa shape index (κ2) is 15.8. The smallest absolute Gasteiger partial charge is 0.264 e. The molecule has 242 valence electrons. The second-order valence-electron chi connectivity index (χ2n) is 10.6. The maximum atomic E-state index is 14.5. The fourth-order valence-electron chi connectivity index (χ4n) is 4.98. The van der Waals surface area contributed by atoms with Crippen molar-refractivity contribution in [3.8, 4) is 11.5 Å². The van der Waals surface area contributed by atoms with Gasteiger partial charge in [0.2, 0.25) is 11.8 Å². The molecule has 0 aliphatic rings. The van der Waals surface area contributed by atoms with Crippen molar-refractivity contribution in [1.29, 1.82) is 0 Å². The topological polar surface area (TPSA) is 105 Å². The normalized spacial score (nSPS) is 11.8. The first-order chi connectivity index (χ1) is 22.1. The first kappa shape index (κ1) is 34.5. The molecule has 0 saturated heterocycles. The van der Waals surface area contributed by atoms with Gasteiger partial charge in [-0.15, -0.1) is 0 Å². The van der Waals surface area contributed by atoms with E-state index in [1.807, 2.05) is 68.4 Å². The van der Waals surface area contributed by atoms with Crippen LogP contribution in [0.4, 0.5) is 5.69 Å². The standard InChI is InChI=1S/C35H38BrN3O6S/c1-5-37-35(41)31(21-26-9-7-6-8-10-26)38(23-27-13-15-28(36)16-14-27)34(40)24-39(29-17-20-32(44-3)33(22-29)45-4)46(42,43)30-18-11-25(2)12-19-30/h6-20,22,31H,5,21,23-24H2,1-4H3,(H,37,41). The Kier molecular flexibility index (Phi) is 11.8. The van der Waals surface area contributed by atoms with Crippen molar-refractivity contribution < 1.29 is 27.5 Å². The zero-order valence-corrected chi connectivity index (χ0v) is 28.7. The minimum absolute atomic E-state index is 0.0182. The van der Waals surface area contributed by atoms with Crippen LogP contribution in [0.15, 0.2) is 106 Å². The fourth-order valence-corrected chi connectivity index (χ4v) is 6.65. The molecule has 4 aromatic rings. The zero-order valence-electron chi connectivity index (χ0n) is 26.3. The van der Waals surface area contributed by atoms with Crippen LogP contribution in [0.25, 0.3) is 0 Å². The van der Waals surface area contributed by atoms with Gasteiger partial charge >= 0.3 is 0 Å². The average Bonchev–Trinajstić information content (AvgIpc) is 3.06. The Balaban J connectivity index is 1.83. The zero-order chi connectivity index (χ0) is 33.3. The van der Waals surface area contributed by atoms with Crippen molar-refractivity contribution >= 4 is 43.5 Å². The molecule has 0 saturated carbocycles. The van der Waals surface area contributed by atoms with Gasteiger partial charge in [-0.2, -0.15) is 0 Å². The number of benzene rings is 4. The van der Waals surface area contributed by atoms with E-state index in [9.17, 15) is 18.0 Å². The molecule has 2 amide bonds. The lowest BCUT2D eigenvalue weighted by Crippen LogP contribution is -2.53. The number of rotatable bonds is 14. The predicted molar refractivity (Wildman–Crippen MR) is 183 cm³/mol. The van der Waals surface area contributed by atoms with Gasteiger partial charge in [0, 0.05) is 30.0 Å². The molecule has 0 spiro atoms. The summed E-state index contributed by atoms with van der Waals surface area (Å²) in [6, 6.07) is 27.0. The third-order valence-corrected chi connectivity index (χ3v) is 9.75. The predicted octanol–water partition coefficient (Wildman–Crippen LogP) is 5.75. The van der Waals surface area contributed by atoms with Crippen molar-refractivity contribution in [1.82, 2.24) is 10.2 Å². The summed E-state index contributed by atoms with van der Waals surface area (Å²) in [6.07, 6.45) is 0.232. The Labute approximate surface area is 279 Å². The number of aryl methyl sites for hydroxylation is 1. The summed E-state index contributed by atoms with van der Waals surface area (Å²) in [4.78, 5) is 29.6. The van der Waals surface area contributed by atoms with Gasteiger partial charge in [0.25, 0.3) is 10.0 Å². The largest absolute Gasteiger partial charge is 0.493 e. The highest BCUT2D eigenvalue weighted by Crippen LogP contribution is 2.34. The van der Waals surface area contributed by atoms with E-state index >= 15 is 0 Å². The van der Waals surface area contributed by atoms with Crippen LogP contribution in [0, 0.1) is 6.92 Å². The summed E-state index contributed by atoms with van der Waals surface area (Å²) >= 11 is 3.45. The molecule has 1 N–H and O–H groups in total. The third-order valence-electron chi connectivity index (χ3n) is 7.43. The number of nitrogens with zero attached hydrogens (tertiary/aromatic N) is 2. The van der Waals surface area contributed by atoms with E-state index in [0.717, 1.165) is 25.5 Å².